The highest BCUT2D eigenvalue weighted by Gasteiger charge is 2.11. The molecule has 1 aromatic rings. The van der Waals surface area contributed by atoms with Gasteiger partial charge in [-0.05, 0) is 32.6 Å². The van der Waals surface area contributed by atoms with Crippen LogP contribution in [-0.2, 0) is 6.54 Å². The van der Waals surface area contributed by atoms with Crippen molar-refractivity contribution in [3.8, 4) is 0 Å². The lowest BCUT2D eigenvalue weighted by molar-refractivity contribution is -0.697. The molecule has 1 unspecified atom stereocenters. The van der Waals surface area contributed by atoms with Crippen LogP contribution in [0.3, 0.4) is 0 Å². The lowest BCUT2D eigenvalue weighted by Crippen LogP contribution is -2.31. The summed E-state index contributed by atoms with van der Waals surface area (Å²) in [6.07, 6.45) is 27.8. The summed E-state index contributed by atoms with van der Waals surface area (Å²) in [6, 6.07) is 0.644. The van der Waals surface area contributed by atoms with Crippen molar-refractivity contribution in [3.05, 3.63) is 18.7 Å². The van der Waals surface area contributed by atoms with Crippen LogP contribution >= 0.6 is 0 Å². The number of nitrogens with zero attached hydrogens (tertiary/aromatic N) is 2. The SMILES string of the molecule is CCCCCCCCCCCC[n+]1ccn(C(C)CCCCCC)c1. The summed E-state index contributed by atoms with van der Waals surface area (Å²) in [5.41, 5.74) is 0. The standard InChI is InChI=1S/C23H45N2/c1-4-6-8-10-11-12-13-14-15-17-19-24-20-21-25(22-24)23(3)18-16-9-7-5-2/h20-23H,4-19H2,1-3H3/q+1. The molecule has 25 heavy (non-hydrogen) atoms. The van der Waals surface area contributed by atoms with Gasteiger partial charge in [0.25, 0.3) is 0 Å². The van der Waals surface area contributed by atoms with Gasteiger partial charge in [0.15, 0.2) is 0 Å². The van der Waals surface area contributed by atoms with E-state index in [1.165, 1.54) is 103 Å². The zero-order chi connectivity index (χ0) is 18.2. The molecule has 2 heteroatoms. The average Bonchev–Trinajstić information content (AvgIpc) is 3.09. The molecule has 0 spiro atoms. The largest absolute Gasteiger partial charge is 0.243 e. The monoisotopic (exact) mass is 349 g/mol. The van der Waals surface area contributed by atoms with E-state index in [1.807, 2.05) is 0 Å². The molecule has 0 saturated heterocycles. The average molecular weight is 350 g/mol. The van der Waals surface area contributed by atoms with Crippen LogP contribution in [0.25, 0.3) is 0 Å². The van der Waals surface area contributed by atoms with Crippen molar-refractivity contribution in [1.29, 1.82) is 0 Å². The molecule has 0 radical (unpaired) electrons. The number of hydrogen-bond acceptors (Lipinski definition) is 0. The summed E-state index contributed by atoms with van der Waals surface area (Å²) in [7, 11) is 0. The highest BCUT2D eigenvalue weighted by atomic mass is 15.1. The van der Waals surface area contributed by atoms with E-state index in [4.69, 9.17) is 0 Å². The first kappa shape index (κ1) is 22.3. The number of rotatable bonds is 17. The van der Waals surface area contributed by atoms with Crippen LogP contribution in [0.15, 0.2) is 18.7 Å². The van der Waals surface area contributed by atoms with Gasteiger partial charge in [-0.2, -0.15) is 0 Å². The minimum atomic E-state index is 0.644. The van der Waals surface area contributed by atoms with Gasteiger partial charge in [0.2, 0.25) is 6.33 Å². The van der Waals surface area contributed by atoms with Gasteiger partial charge in [0.1, 0.15) is 12.4 Å². The molecule has 0 aromatic carbocycles. The molecule has 1 aromatic heterocycles. The maximum atomic E-state index is 2.41. The highest BCUT2D eigenvalue weighted by Crippen LogP contribution is 2.15. The Hall–Kier alpha value is -0.790. The Morgan fingerprint density at radius 2 is 1.24 bits per heavy atom. The third-order valence-electron chi connectivity index (χ3n) is 5.47. The minimum Gasteiger partial charge on any atom is -0.237 e. The Labute approximate surface area is 158 Å². The van der Waals surface area contributed by atoms with Crippen molar-refractivity contribution in [2.75, 3.05) is 0 Å². The summed E-state index contributed by atoms with van der Waals surface area (Å²) < 4.78 is 4.79. The van der Waals surface area contributed by atoms with Crippen molar-refractivity contribution in [3.63, 3.8) is 0 Å². The van der Waals surface area contributed by atoms with E-state index in [2.05, 4.69) is 48.6 Å². The van der Waals surface area contributed by atoms with E-state index in [0.717, 1.165) is 0 Å². The van der Waals surface area contributed by atoms with Crippen molar-refractivity contribution >= 4 is 0 Å². The van der Waals surface area contributed by atoms with Crippen molar-refractivity contribution in [2.45, 2.75) is 130 Å². The van der Waals surface area contributed by atoms with Gasteiger partial charge < -0.3 is 0 Å². The molecular formula is C23H45N2+. The quantitative estimate of drug-likeness (QED) is 0.207. The molecule has 0 amide bonds. The summed E-state index contributed by atoms with van der Waals surface area (Å²) in [5, 5.41) is 0. The van der Waals surface area contributed by atoms with Crippen molar-refractivity contribution in [1.82, 2.24) is 4.57 Å². The molecule has 0 bridgehead atoms. The van der Waals surface area contributed by atoms with Crippen LogP contribution in [0.5, 0.6) is 0 Å². The smallest absolute Gasteiger partial charge is 0.237 e. The normalized spacial score (nSPS) is 12.6. The van der Waals surface area contributed by atoms with Crippen LogP contribution < -0.4 is 4.57 Å². The van der Waals surface area contributed by atoms with E-state index in [1.54, 1.807) is 0 Å². The summed E-state index contributed by atoms with van der Waals surface area (Å²) in [4.78, 5) is 0. The van der Waals surface area contributed by atoms with Crippen LogP contribution in [0.4, 0.5) is 0 Å². The van der Waals surface area contributed by atoms with Crippen LogP contribution in [0, 0.1) is 0 Å². The fourth-order valence-electron chi connectivity index (χ4n) is 3.60. The third-order valence-corrected chi connectivity index (χ3v) is 5.47. The molecule has 1 rings (SSSR count). The minimum absolute atomic E-state index is 0.644. The lowest BCUT2D eigenvalue weighted by atomic mass is 10.1. The third kappa shape index (κ3) is 11.4. The number of aromatic nitrogens is 2. The Morgan fingerprint density at radius 1 is 0.720 bits per heavy atom. The fourth-order valence-corrected chi connectivity index (χ4v) is 3.60. The first-order valence-corrected chi connectivity index (χ1v) is 11.3. The predicted octanol–water partition coefficient (Wildman–Crippen LogP) is 7.23. The Bertz CT molecular complexity index is 397. The Balaban J connectivity index is 2.02. The molecule has 0 fully saturated rings. The Kier molecular flexibility index (Phi) is 13.8. The number of imidazole rings is 1. The van der Waals surface area contributed by atoms with E-state index in [9.17, 15) is 0 Å². The van der Waals surface area contributed by atoms with Gasteiger partial charge in [-0.3, -0.25) is 0 Å². The molecule has 0 aliphatic heterocycles. The van der Waals surface area contributed by atoms with Crippen molar-refractivity contribution in [2.24, 2.45) is 0 Å². The summed E-state index contributed by atoms with van der Waals surface area (Å²) in [6.45, 7) is 8.12. The molecule has 0 aliphatic rings. The fraction of sp³-hybridized carbons (Fsp3) is 0.870. The second-order valence-corrected chi connectivity index (χ2v) is 7.98. The maximum Gasteiger partial charge on any atom is 0.243 e. The number of unbranched alkanes of at least 4 members (excludes halogenated alkanes) is 12. The van der Waals surface area contributed by atoms with Gasteiger partial charge in [0, 0.05) is 0 Å². The van der Waals surface area contributed by atoms with Crippen molar-refractivity contribution < 1.29 is 4.57 Å². The topological polar surface area (TPSA) is 8.81 Å². The summed E-state index contributed by atoms with van der Waals surface area (Å²) >= 11 is 0. The lowest BCUT2D eigenvalue weighted by Gasteiger charge is -2.07. The second-order valence-electron chi connectivity index (χ2n) is 7.98. The molecule has 1 heterocycles. The van der Waals surface area contributed by atoms with Crippen LogP contribution in [0.1, 0.15) is 123 Å². The van der Waals surface area contributed by atoms with E-state index >= 15 is 0 Å². The van der Waals surface area contributed by atoms with Gasteiger partial charge in [-0.15, -0.1) is 0 Å². The molecule has 2 nitrogen and oxygen atoms in total. The molecule has 0 N–H and O–H groups in total. The summed E-state index contributed by atoms with van der Waals surface area (Å²) in [5.74, 6) is 0. The second kappa shape index (κ2) is 15.5. The first-order chi connectivity index (χ1) is 12.3. The molecule has 0 saturated carbocycles. The number of hydrogen-bond donors (Lipinski definition) is 0. The molecule has 0 aliphatic carbocycles. The first-order valence-electron chi connectivity index (χ1n) is 11.3. The van der Waals surface area contributed by atoms with E-state index < -0.39 is 0 Å². The zero-order valence-corrected chi connectivity index (χ0v) is 17.5. The molecule has 1 atom stereocenters. The number of aryl methyl sites for hydroxylation is 1. The van der Waals surface area contributed by atoms with E-state index in [-0.39, 0.29) is 0 Å². The van der Waals surface area contributed by atoms with Crippen LogP contribution in [0.2, 0.25) is 0 Å². The zero-order valence-electron chi connectivity index (χ0n) is 17.5. The van der Waals surface area contributed by atoms with Crippen LogP contribution in [-0.4, -0.2) is 4.57 Å². The van der Waals surface area contributed by atoms with Gasteiger partial charge in [0.05, 0.1) is 12.6 Å². The maximum absolute atomic E-state index is 2.41. The van der Waals surface area contributed by atoms with Gasteiger partial charge in [-0.1, -0.05) is 84.5 Å². The predicted molar refractivity (Wildman–Crippen MR) is 110 cm³/mol. The van der Waals surface area contributed by atoms with Gasteiger partial charge >= 0.3 is 0 Å². The van der Waals surface area contributed by atoms with E-state index in [0.29, 0.717) is 6.04 Å². The molecular weight excluding hydrogens is 304 g/mol. The molecule has 146 valence electrons. The Morgan fingerprint density at radius 3 is 1.84 bits per heavy atom. The highest BCUT2D eigenvalue weighted by molar-refractivity contribution is 4.72. The van der Waals surface area contributed by atoms with Gasteiger partial charge in [-0.25, -0.2) is 9.13 Å².